The molecule has 44 heavy (non-hydrogen) atoms. The SMILES string of the molecule is CC(C(=C1CCNC1=O)C1=C(C(=O)O)N2C(=O)[C@@H](NC(=O)C(=NOC3CCCC3)c3csc(N)n3)[C@H]2SC1)c1ccccn1. The number of oxime groups is 1. The summed E-state index contributed by atoms with van der Waals surface area (Å²) in [4.78, 5) is 68.1. The summed E-state index contributed by atoms with van der Waals surface area (Å²) in [6, 6.07) is 4.43. The molecular formula is C29H31N7O6S2. The van der Waals surface area contributed by atoms with E-state index in [0.29, 0.717) is 35.4 Å². The van der Waals surface area contributed by atoms with E-state index in [0.717, 1.165) is 37.0 Å². The van der Waals surface area contributed by atoms with Gasteiger partial charge in [0, 0.05) is 41.1 Å². The zero-order chi connectivity index (χ0) is 31.0. The van der Waals surface area contributed by atoms with Gasteiger partial charge in [-0.25, -0.2) is 9.78 Å². The number of carboxylic acid groups (broad SMARTS) is 1. The van der Waals surface area contributed by atoms with E-state index in [2.05, 4.69) is 25.8 Å². The number of thioether (sulfide) groups is 1. The molecule has 1 saturated carbocycles. The van der Waals surface area contributed by atoms with Crippen LogP contribution in [-0.2, 0) is 24.0 Å². The number of nitrogens with zero attached hydrogens (tertiary/aromatic N) is 4. The van der Waals surface area contributed by atoms with Gasteiger partial charge in [-0.15, -0.1) is 23.1 Å². The van der Waals surface area contributed by atoms with E-state index in [1.165, 1.54) is 16.7 Å². The van der Waals surface area contributed by atoms with Crippen LogP contribution < -0.4 is 16.4 Å². The van der Waals surface area contributed by atoms with Gasteiger partial charge in [-0.2, -0.15) is 0 Å². The Morgan fingerprint density at radius 1 is 1.27 bits per heavy atom. The molecular weight excluding hydrogens is 606 g/mol. The Morgan fingerprint density at radius 3 is 2.70 bits per heavy atom. The van der Waals surface area contributed by atoms with Gasteiger partial charge in [0.1, 0.15) is 28.9 Å². The summed E-state index contributed by atoms with van der Waals surface area (Å²) in [6.07, 6.45) is 5.65. The number of nitrogens with two attached hydrogens (primary N) is 1. The van der Waals surface area contributed by atoms with Crippen LogP contribution in [-0.4, -0.2) is 79.2 Å². The highest BCUT2D eigenvalue weighted by Gasteiger charge is 2.55. The summed E-state index contributed by atoms with van der Waals surface area (Å²) < 4.78 is 0. The number of pyridine rings is 1. The summed E-state index contributed by atoms with van der Waals surface area (Å²) in [6.45, 7) is 2.31. The maximum Gasteiger partial charge on any atom is 0.352 e. The molecule has 3 atom stereocenters. The average Bonchev–Trinajstić information content (AvgIpc) is 3.80. The second kappa shape index (κ2) is 12.4. The lowest BCUT2D eigenvalue weighted by molar-refractivity contribution is -0.150. The summed E-state index contributed by atoms with van der Waals surface area (Å²) in [5.74, 6) is -3.01. The minimum Gasteiger partial charge on any atom is -0.477 e. The van der Waals surface area contributed by atoms with Crippen LogP contribution in [0.2, 0.25) is 0 Å². The number of carbonyl (C=O) groups is 4. The Kier molecular flexibility index (Phi) is 8.40. The number of anilines is 1. The quantitative estimate of drug-likeness (QED) is 0.137. The zero-order valence-corrected chi connectivity index (χ0v) is 25.5. The smallest absolute Gasteiger partial charge is 0.352 e. The molecule has 5 N–H and O–H groups in total. The number of fused-ring (bicyclic) bond motifs is 1. The van der Waals surface area contributed by atoms with E-state index in [4.69, 9.17) is 10.6 Å². The molecule has 3 amide bonds. The lowest BCUT2D eigenvalue weighted by Crippen LogP contribution is -2.71. The Bertz CT molecular complexity index is 1600. The number of carboxylic acids is 1. The van der Waals surface area contributed by atoms with Crippen molar-refractivity contribution in [1.82, 2.24) is 25.5 Å². The van der Waals surface area contributed by atoms with Crippen molar-refractivity contribution in [2.45, 2.75) is 62.5 Å². The van der Waals surface area contributed by atoms with Crippen LogP contribution in [0.4, 0.5) is 5.13 Å². The van der Waals surface area contributed by atoms with Crippen LogP contribution in [0.5, 0.6) is 0 Å². The number of carbonyl (C=O) groups excluding carboxylic acids is 3. The first-order chi connectivity index (χ1) is 21.2. The average molecular weight is 638 g/mol. The first-order valence-corrected chi connectivity index (χ1v) is 16.3. The van der Waals surface area contributed by atoms with Crippen LogP contribution >= 0.6 is 23.1 Å². The van der Waals surface area contributed by atoms with Gasteiger partial charge in [0.15, 0.2) is 10.8 Å². The second-order valence-corrected chi connectivity index (χ2v) is 12.9. The molecule has 3 fully saturated rings. The first-order valence-electron chi connectivity index (χ1n) is 14.3. The fourth-order valence-electron chi connectivity index (χ4n) is 6.02. The van der Waals surface area contributed by atoms with Gasteiger partial charge in [-0.05, 0) is 55.4 Å². The molecule has 6 rings (SSSR count). The molecule has 0 spiro atoms. The monoisotopic (exact) mass is 637 g/mol. The second-order valence-electron chi connectivity index (χ2n) is 10.9. The summed E-state index contributed by atoms with van der Waals surface area (Å²) >= 11 is 2.47. The highest BCUT2D eigenvalue weighted by atomic mass is 32.2. The Labute approximate surface area is 261 Å². The van der Waals surface area contributed by atoms with Gasteiger partial charge in [-0.1, -0.05) is 18.1 Å². The fourth-order valence-corrected chi connectivity index (χ4v) is 7.93. The predicted octanol–water partition coefficient (Wildman–Crippen LogP) is 2.14. The minimum atomic E-state index is -1.29. The number of amides is 3. The summed E-state index contributed by atoms with van der Waals surface area (Å²) in [5.41, 5.74) is 7.84. The molecule has 0 bridgehead atoms. The summed E-state index contributed by atoms with van der Waals surface area (Å²) in [5, 5.41) is 21.2. The van der Waals surface area contributed by atoms with Gasteiger partial charge in [-0.3, -0.25) is 24.3 Å². The zero-order valence-electron chi connectivity index (χ0n) is 23.8. The number of thiazole rings is 1. The Morgan fingerprint density at radius 2 is 2.07 bits per heavy atom. The first kappa shape index (κ1) is 29.8. The van der Waals surface area contributed by atoms with Gasteiger partial charge >= 0.3 is 5.97 Å². The van der Waals surface area contributed by atoms with E-state index >= 15 is 0 Å². The number of nitrogens with one attached hydrogen (secondary N) is 2. The third-order valence-electron chi connectivity index (χ3n) is 8.18. The molecule has 5 heterocycles. The molecule has 3 aliphatic heterocycles. The van der Waals surface area contributed by atoms with Crippen molar-refractivity contribution >= 4 is 57.6 Å². The third kappa shape index (κ3) is 5.56. The number of aliphatic carboxylic acids is 1. The van der Waals surface area contributed by atoms with Gasteiger partial charge in [0.05, 0.1) is 0 Å². The molecule has 2 aromatic heterocycles. The van der Waals surface area contributed by atoms with Crippen LogP contribution in [0.25, 0.3) is 0 Å². The molecule has 0 aromatic carbocycles. The van der Waals surface area contributed by atoms with Gasteiger partial charge in [0.25, 0.3) is 11.8 Å². The highest BCUT2D eigenvalue weighted by Crippen LogP contribution is 2.46. The predicted molar refractivity (Wildman–Crippen MR) is 163 cm³/mol. The van der Waals surface area contributed by atoms with Crippen LogP contribution in [0, 0.1) is 0 Å². The van der Waals surface area contributed by atoms with Gasteiger partial charge < -0.3 is 26.3 Å². The summed E-state index contributed by atoms with van der Waals surface area (Å²) in [7, 11) is 0. The standard InChI is InChI=1S/C29H31N7O6S2/c1-14(18-8-4-5-10-31-18)20(16-9-11-32-24(16)37)17-12-43-27-22(26(39)36(27)23(17)28(40)41)34-25(38)21(19-13-44-29(30)33-19)35-42-15-6-2-3-7-15/h4-5,8,10,13-15,22,27H,2-3,6-7,9,11-12H2,1H3,(H2,30,33)(H,32,37)(H,34,38)(H,40,41)/t14?,22-,27-/m1/s1. The van der Waals surface area contributed by atoms with E-state index in [1.807, 2.05) is 19.1 Å². The number of allylic oxidation sites excluding steroid dienone is 1. The topological polar surface area (TPSA) is 189 Å². The van der Waals surface area contributed by atoms with Crippen molar-refractivity contribution in [3.8, 4) is 0 Å². The Hall–Kier alpha value is -4.24. The maximum atomic E-state index is 13.6. The molecule has 1 unspecified atom stereocenters. The van der Waals surface area contributed by atoms with Gasteiger partial charge in [0.2, 0.25) is 5.91 Å². The largest absolute Gasteiger partial charge is 0.477 e. The maximum absolute atomic E-state index is 13.6. The lowest BCUT2D eigenvalue weighted by Gasteiger charge is -2.50. The number of hydrogen-bond acceptors (Lipinski definition) is 11. The number of nitrogen functional groups attached to an aromatic ring is 1. The van der Waals surface area contributed by atoms with E-state index in [9.17, 15) is 24.3 Å². The van der Waals surface area contributed by atoms with E-state index in [-0.39, 0.29) is 40.0 Å². The molecule has 13 nitrogen and oxygen atoms in total. The Balaban J connectivity index is 1.29. The molecule has 230 valence electrons. The molecule has 0 radical (unpaired) electrons. The number of β-lactam (4-membered cyclic amide) rings is 1. The molecule has 4 aliphatic rings. The lowest BCUT2D eigenvalue weighted by atomic mass is 9.84. The fraction of sp³-hybridized carbons (Fsp3) is 0.414. The third-order valence-corrected chi connectivity index (χ3v) is 10.1. The van der Waals surface area contributed by atoms with Crippen molar-refractivity contribution in [2.24, 2.45) is 5.16 Å². The number of hydrogen-bond donors (Lipinski definition) is 4. The van der Waals surface area contributed by atoms with Crippen molar-refractivity contribution in [3.05, 3.63) is 63.6 Å². The van der Waals surface area contributed by atoms with E-state index < -0.39 is 35.1 Å². The van der Waals surface area contributed by atoms with Crippen molar-refractivity contribution in [1.29, 1.82) is 0 Å². The van der Waals surface area contributed by atoms with Crippen molar-refractivity contribution in [2.75, 3.05) is 18.0 Å². The van der Waals surface area contributed by atoms with Crippen LogP contribution in [0.1, 0.15) is 56.3 Å². The molecule has 2 saturated heterocycles. The van der Waals surface area contributed by atoms with Crippen LogP contribution in [0.15, 0.2) is 57.3 Å². The van der Waals surface area contributed by atoms with Crippen molar-refractivity contribution < 1.29 is 29.1 Å². The molecule has 15 heteroatoms. The molecule has 2 aromatic rings. The highest BCUT2D eigenvalue weighted by molar-refractivity contribution is 8.00. The normalized spacial score (nSPS) is 24.0. The minimum absolute atomic E-state index is 0.102. The van der Waals surface area contributed by atoms with Crippen molar-refractivity contribution in [3.63, 3.8) is 0 Å². The molecule has 1 aliphatic carbocycles. The van der Waals surface area contributed by atoms with Crippen LogP contribution in [0.3, 0.4) is 0 Å². The number of rotatable bonds is 9. The van der Waals surface area contributed by atoms with E-state index in [1.54, 1.807) is 17.6 Å². The number of aromatic nitrogens is 2.